The number of carboxylic acid groups (broad SMARTS) is 1. The number of hydrogen-bond acceptors (Lipinski definition) is 5. The lowest BCUT2D eigenvalue weighted by Gasteiger charge is -2.42. The molecule has 0 aliphatic carbocycles. The maximum Gasteiger partial charge on any atom is 0.339 e. The Morgan fingerprint density at radius 3 is 2.61 bits per heavy atom. The smallest absolute Gasteiger partial charge is 0.339 e. The number of carbonyl (C=O) groups excluding carboxylic acids is 1. The van der Waals surface area contributed by atoms with Crippen molar-refractivity contribution in [3.63, 3.8) is 0 Å². The normalized spacial score (nSPS) is 15.9. The molecule has 33 heavy (non-hydrogen) atoms. The van der Waals surface area contributed by atoms with Gasteiger partial charge in [0.1, 0.15) is 11.4 Å². The Morgan fingerprint density at radius 1 is 1.12 bits per heavy atom. The van der Waals surface area contributed by atoms with Crippen molar-refractivity contribution >= 4 is 40.7 Å². The van der Waals surface area contributed by atoms with Crippen molar-refractivity contribution in [2.24, 2.45) is 0 Å². The summed E-state index contributed by atoms with van der Waals surface area (Å²) in [5, 5.41) is 13.0. The van der Waals surface area contributed by atoms with Gasteiger partial charge in [0.05, 0.1) is 11.9 Å². The van der Waals surface area contributed by atoms with Crippen LogP contribution in [-0.2, 0) is 0 Å². The lowest BCUT2D eigenvalue weighted by molar-refractivity contribution is 0.0696. The van der Waals surface area contributed by atoms with Crippen LogP contribution in [-0.4, -0.2) is 47.6 Å². The Hall–Kier alpha value is -3.58. The fraction of sp³-hybridized carbons (Fsp3) is 0.240. The quantitative estimate of drug-likeness (QED) is 0.568. The van der Waals surface area contributed by atoms with Gasteiger partial charge in [-0.15, -0.1) is 0 Å². The van der Waals surface area contributed by atoms with Crippen molar-refractivity contribution in [3.05, 3.63) is 82.5 Å². The van der Waals surface area contributed by atoms with Crippen LogP contribution in [0.25, 0.3) is 0 Å². The highest BCUT2D eigenvalue weighted by atomic mass is 35.5. The summed E-state index contributed by atoms with van der Waals surface area (Å²) in [7, 11) is 0. The molecule has 0 unspecified atom stereocenters. The van der Waals surface area contributed by atoms with Crippen LogP contribution >= 0.6 is 11.6 Å². The maximum atomic E-state index is 12.5. The van der Waals surface area contributed by atoms with Crippen LogP contribution in [0.2, 0.25) is 5.02 Å². The van der Waals surface area contributed by atoms with Crippen LogP contribution in [0.3, 0.4) is 0 Å². The molecule has 3 aromatic rings. The van der Waals surface area contributed by atoms with Crippen LogP contribution in [0.1, 0.15) is 33.2 Å². The number of hydrogen-bond donors (Lipinski definition) is 2. The molecule has 170 valence electrons. The summed E-state index contributed by atoms with van der Waals surface area (Å²) in [6.07, 6.45) is 1.49. The maximum absolute atomic E-state index is 12.5. The van der Waals surface area contributed by atoms with Crippen LogP contribution in [0.4, 0.5) is 17.2 Å². The molecule has 0 bridgehead atoms. The van der Waals surface area contributed by atoms with Gasteiger partial charge in [0.2, 0.25) is 0 Å². The molecule has 2 N–H and O–H groups in total. The predicted octanol–water partition coefficient (Wildman–Crippen LogP) is 4.71. The van der Waals surface area contributed by atoms with Crippen LogP contribution in [0.5, 0.6) is 0 Å². The lowest BCUT2D eigenvalue weighted by Crippen LogP contribution is -2.52. The van der Waals surface area contributed by atoms with E-state index in [1.807, 2.05) is 11.0 Å². The van der Waals surface area contributed by atoms with E-state index in [1.165, 1.54) is 17.8 Å². The SMILES string of the molecule is Cc1cccc(N2CCN(c3ncc(NC(=O)c4cccc(Cl)c4)cc3C(=O)O)C[C@@H]2C)c1. The third-order valence-electron chi connectivity index (χ3n) is 5.70. The molecular weight excluding hydrogens is 440 g/mol. The zero-order valence-corrected chi connectivity index (χ0v) is 19.2. The predicted molar refractivity (Wildman–Crippen MR) is 131 cm³/mol. The number of benzene rings is 2. The monoisotopic (exact) mass is 464 g/mol. The molecule has 1 saturated heterocycles. The number of amides is 1. The van der Waals surface area contributed by atoms with Crippen molar-refractivity contribution < 1.29 is 14.7 Å². The van der Waals surface area contributed by atoms with Crippen LogP contribution in [0.15, 0.2) is 60.8 Å². The first-order valence-electron chi connectivity index (χ1n) is 10.7. The highest BCUT2D eigenvalue weighted by molar-refractivity contribution is 6.31. The summed E-state index contributed by atoms with van der Waals surface area (Å²) < 4.78 is 0. The van der Waals surface area contributed by atoms with Gasteiger partial charge in [-0.1, -0.05) is 29.8 Å². The summed E-state index contributed by atoms with van der Waals surface area (Å²) in [6.45, 7) is 6.21. The third-order valence-corrected chi connectivity index (χ3v) is 5.94. The highest BCUT2D eigenvalue weighted by Crippen LogP contribution is 2.27. The Kier molecular flexibility index (Phi) is 6.51. The molecular formula is C25H25ClN4O3. The zero-order chi connectivity index (χ0) is 23.5. The number of nitrogens with zero attached hydrogens (tertiary/aromatic N) is 3. The average Bonchev–Trinajstić information content (AvgIpc) is 2.79. The number of aromatic nitrogens is 1. The van der Waals surface area contributed by atoms with E-state index in [0.717, 1.165) is 12.2 Å². The molecule has 1 amide bonds. The molecule has 7 nitrogen and oxygen atoms in total. The van der Waals surface area contributed by atoms with E-state index in [0.29, 0.717) is 35.2 Å². The number of anilines is 3. The minimum atomic E-state index is -1.09. The standard InChI is InChI=1S/C25H25ClN4O3/c1-16-5-3-8-21(11-16)30-10-9-29(15-17(30)2)23-22(25(32)33)13-20(14-27-23)28-24(31)18-6-4-7-19(26)12-18/h3-8,11-14,17H,9-10,15H2,1-2H3,(H,28,31)(H,32,33)/t17-/m0/s1. The Morgan fingerprint density at radius 2 is 1.91 bits per heavy atom. The van der Waals surface area contributed by atoms with E-state index in [-0.39, 0.29) is 17.5 Å². The van der Waals surface area contributed by atoms with E-state index < -0.39 is 5.97 Å². The van der Waals surface area contributed by atoms with Gasteiger partial charge in [0.25, 0.3) is 5.91 Å². The molecule has 1 aromatic heterocycles. The van der Waals surface area contributed by atoms with E-state index in [4.69, 9.17) is 11.6 Å². The Bertz CT molecular complexity index is 1200. The topological polar surface area (TPSA) is 85.8 Å². The molecule has 0 spiro atoms. The largest absolute Gasteiger partial charge is 0.478 e. The van der Waals surface area contributed by atoms with Gasteiger partial charge in [-0.25, -0.2) is 9.78 Å². The molecule has 1 aliphatic heterocycles. The summed E-state index contributed by atoms with van der Waals surface area (Å²) in [5.41, 5.74) is 3.10. The average molecular weight is 465 g/mol. The summed E-state index contributed by atoms with van der Waals surface area (Å²) in [4.78, 5) is 33.3. The second kappa shape index (κ2) is 9.50. The first-order valence-corrected chi connectivity index (χ1v) is 11.1. The van der Waals surface area contributed by atoms with E-state index >= 15 is 0 Å². The number of aryl methyl sites for hydroxylation is 1. The van der Waals surface area contributed by atoms with Crippen LogP contribution in [0, 0.1) is 6.92 Å². The number of carboxylic acids is 1. The van der Waals surface area contributed by atoms with E-state index in [1.54, 1.807) is 24.3 Å². The molecule has 1 atom stereocenters. The minimum absolute atomic E-state index is 0.0510. The van der Waals surface area contributed by atoms with Gasteiger partial charge in [-0.05, 0) is 55.8 Å². The Labute approximate surface area is 197 Å². The molecule has 0 saturated carbocycles. The van der Waals surface area contributed by atoms with Gasteiger partial charge in [0.15, 0.2) is 0 Å². The first-order chi connectivity index (χ1) is 15.8. The van der Waals surface area contributed by atoms with Crippen LogP contribution < -0.4 is 15.1 Å². The fourth-order valence-electron chi connectivity index (χ4n) is 4.11. The molecule has 1 aliphatic rings. The van der Waals surface area contributed by atoms with Gasteiger partial charge < -0.3 is 20.2 Å². The number of piperazine rings is 1. The summed E-state index contributed by atoms with van der Waals surface area (Å²) in [6, 6.07) is 16.5. The molecule has 2 aromatic carbocycles. The lowest BCUT2D eigenvalue weighted by atomic mass is 10.1. The second-order valence-corrected chi connectivity index (χ2v) is 8.63. The number of aromatic carboxylic acids is 1. The van der Waals surface area contributed by atoms with Crippen molar-refractivity contribution in [1.29, 1.82) is 0 Å². The van der Waals surface area contributed by atoms with Gasteiger partial charge in [-0.2, -0.15) is 0 Å². The van der Waals surface area contributed by atoms with Crippen molar-refractivity contribution in [3.8, 4) is 0 Å². The van der Waals surface area contributed by atoms with Crippen molar-refractivity contribution in [1.82, 2.24) is 4.98 Å². The van der Waals surface area contributed by atoms with E-state index in [9.17, 15) is 14.7 Å². The number of carbonyl (C=O) groups is 2. The van der Waals surface area contributed by atoms with Gasteiger partial charge >= 0.3 is 5.97 Å². The highest BCUT2D eigenvalue weighted by Gasteiger charge is 2.28. The zero-order valence-electron chi connectivity index (χ0n) is 18.5. The number of nitrogens with one attached hydrogen (secondary N) is 1. The van der Waals surface area contributed by atoms with Crippen molar-refractivity contribution in [2.75, 3.05) is 34.8 Å². The second-order valence-electron chi connectivity index (χ2n) is 8.19. The van der Waals surface area contributed by atoms with Gasteiger partial charge in [0, 0.05) is 41.9 Å². The summed E-state index contributed by atoms with van der Waals surface area (Å²) in [5.74, 6) is -1.08. The fourth-order valence-corrected chi connectivity index (χ4v) is 4.30. The minimum Gasteiger partial charge on any atom is -0.478 e. The summed E-state index contributed by atoms with van der Waals surface area (Å²) >= 11 is 5.96. The molecule has 8 heteroatoms. The number of pyridine rings is 1. The third kappa shape index (κ3) is 5.09. The number of rotatable bonds is 5. The molecule has 1 fully saturated rings. The molecule has 4 rings (SSSR count). The number of halogens is 1. The van der Waals surface area contributed by atoms with Gasteiger partial charge in [-0.3, -0.25) is 4.79 Å². The molecule has 0 radical (unpaired) electrons. The van der Waals surface area contributed by atoms with E-state index in [2.05, 4.69) is 47.2 Å². The first kappa shape index (κ1) is 22.6. The molecule has 2 heterocycles. The van der Waals surface area contributed by atoms with Crippen molar-refractivity contribution in [2.45, 2.75) is 19.9 Å². The Balaban J connectivity index is 1.52.